The van der Waals surface area contributed by atoms with E-state index in [1.807, 2.05) is 41.8 Å². The number of aromatic amines is 2. The summed E-state index contributed by atoms with van der Waals surface area (Å²) < 4.78 is 1.16. The highest BCUT2D eigenvalue weighted by molar-refractivity contribution is 7.17. The monoisotopic (exact) mass is 296 g/mol. The lowest BCUT2D eigenvalue weighted by Crippen LogP contribution is -1.99. The van der Waals surface area contributed by atoms with Crippen LogP contribution in [0.3, 0.4) is 0 Å². The van der Waals surface area contributed by atoms with Crippen molar-refractivity contribution in [3.63, 3.8) is 0 Å². The van der Waals surface area contributed by atoms with Gasteiger partial charge in [0.05, 0.1) is 11.0 Å². The van der Waals surface area contributed by atoms with E-state index >= 15 is 0 Å². The van der Waals surface area contributed by atoms with Crippen LogP contribution in [0.25, 0.3) is 21.1 Å². The summed E-state index contributed by atoms with van der Waals surface area (Å²) in [5.41, 5.74) is 2.87. The van der Waals surface area contributed by atoms with Gasteiger partial charge in [-0.15, -0.1) is 11.3 Å². The highest BCUT2D eigenvalue weighted by atomic mass is 32.1. The Morgan fingerprint density at radius 1 is 1.05 bits per heavy atom. The minimum atomic E-state index is -0.705. The van der Waals surface area contributed by atoms with Crippen molar-refractivity contribution in [1.82, 2.24) is 9.97 Å². The van der Waals surface area contributed by atoms with E-state index in [4.69, 9.17) is 0 Å². The number of H-pyrrole nitrogens is 2. The lowest BCUT2D eigenvalue weighted by atomic mass is 10.0. The van der Waals surface area contributed by atoms with E-state index in [2.05, 4.69) is 9.97 Å². The summed E-state index contributed by atoms with van der Waals surface area (Å²) in [5, 5.41) is 13.7. The van der Waals surface area contributed by atoms with E-state index in [1.165, 1.54) is 0 Å². The molecule has 1 unspecified atom stereocenters. The fourth-order valence-corrected chi connectivity index (χ4v) is 3.59. The molecule has 0 aliphatic rings. The predicted molar refractivity (Wildman–Crippen MR) is 84.8 cm³/mol. The van der Waals surface area contributed by atoms with Gasteiger partial charge in [0, 0.05) is 10.3 Å². The van der Waals surface area contributed by atoms with Crippen LogP contribution in [-0.4, -0.2) is 15.1 Å². The summed E-state index contributed by atoms with van der Waals surface area (Å²) in [5.74, 6) is 0. The largest absolute Gasteiger partial charge is 0.384 e. The second-order valence-electron chi connectivity index (χ2n) is 4.97. The van der Waals surface area contributed by atoms with Gasteiger partial charge in [0.2, 0.25) is 0 Å². The van der Waals surface area contributed by atoms with Crippen LogP contribution in [0.1, 0.15) is 17.2 Å². The summed E-state index contributed by atoms with van der Waals surface area (Å²) >= 11 is 1.62. The zero-order valence-electron chi connectivity index (χ0n) is 11.0. The number of nitrogens with one attached hydrogen (secondary N) is 2. The number of thiophene rings is 1. The van der Waals surface area contributed by atoms with Gasteiger partial charge in [0.1, 0.15) is 6.10 Å². The zero-order valence-corrected chi connectivity index (χ0v) is 11.8. The average molecular weight is 296 g/mol. The average Bonchev–Trinajstić information content (AvgIpc) is 3.07. The Balaban J connectivity index is 1.85. The zero-order chi connectivity index (χ0) is 14.4. The highest BCUT2D eigenvalue weighted by Crippen LogP contribution is 2.33. The molecule has 21 heavy (non-hydrogen) atoms. The van der Waals surface area contributed by atoms with E-state index in [-0.39, 0.29) is 5.69 Å². The molecule has 2 heterocycles. The van der Waals surface area contributed by atoms with Crippen molar-refractivity contribution in [2.75, 3.05) is 0 Å². The highest BCUT2D eigenvalue weighted by Gasteiger charge is 2.15. The van der Waals surface area contributed by atoms with Gasteiger partial charge in [-0.2, -0.15) is 0 Å². The van der Waals surface area contributed by atoms with Crippen LogP contribution in [0.2, 0.25) is 0 Å². The molecular weight excluding hydrogens is 284 g/mol. The van der Waals surface area contributed by atoms with Gasteiger partial charge < -0.3 is 15.1 Å². The molecule has 2 aromatic heterocycles. The van der Waals surface area contributed by atoms with Crippen LogP contribution in [0.4, 0.5) is 0 Å². The molecule has 0 aliphatic carbocycles. The molecule has 3 N–H and O–H groups in total. The molecule has 2 aromatic carbocycles. The number of hydrogen-bond acceptors (Lipinski definition) is 3. The minimum absolute atomic E-state index is 0.238. The molecule has 5 heteroatoms. The van der Waals surface area contributed by atoms with Crippen molar-refractivity contribution in [3.8, 4) is 0 Å². The van der Waals surface area contributed by atoms with Gasteiger partial charge in [-0.25, -0.2) is 4.79 Å². The van der Waals surface area contributed by atoms with Crippen LogP contribution in [0, 0.1) is 0 Å². The van der Waals surface area contributed by atoms with E-state index in [9.17, 15) is 9.90 Å². The quantitative estimate of drug-likeness (QED) is 0.532. The SMILES string of the molecule is O=c1[nH]c2ccc(C(O)c3csc4ccccc34)cc2[nH]1. The first-order valence-corrected chi connectivity index (χ1v) is 7.46. The number of rotatable bonds is 2. The summed E-state index contributed by atoms with van der Waals surface area (Å²) in [4.78, 5) is 16.7. The lowest BCUT2D eigenvalue weighted by Gasteiger charge is -2.10. The van der Waals surface area contributed by atoms with Gasteiger partial charge in [-0.05, 0) is 34.5 Å². The van der Waals surface area contributed by atoms with E-state index in [0.717, 1.165) is 26.7 Å². The number of aromatic nitrogens is 2. The number of imidazole rings is 1. The molecule has 0 fully saturated rings. The first kappa shape index (κ1) is 12.4. The Morgan fingerprint density at radius 2 is 1.86 bits per heavy atom. The predicted octanol–water partition coefficient (Wildman–Crippen LogP) is 3.15. The second kappa shape index (κ2) is 4.58. The van der Waals surface area contributed by atoms with Gasteiger partial charge >= 0.3 is 5.69 Å². The molecule has 0 radical (unpaired) electrons. The summed E-state index contributed by atoms with van der Waals surface area (Å²) in [6.07, 6.45) is -0.705. The first-order chi connectivity index (χ1) is 10.2. The topological polar surface area (TPSA) is 68.9 Å². The number of benzene rings is 2. The lowest BCUT2D eigenvalue weighted by molar-refractivity contribution is 0.222. The third-order valence-electron chi connectivity index (χ3n) is 3.66. The standard InChI is InChI=1S/C16H12N2O2S/c19-15(11-8-21-14-4-2-1-3-10(11)14)9-5-6-12-13(7-9)18-16(20)17-12/h1-8,15,19H,(H2,17,18,20). The normalized spacial score (nSPS) is 13.0. The Labute approximate surface area is 123 Å². The van der Waals surface area contributed by atoms with Crippen LogP contribution in [0.5, 0.6) is 0 Å². The second-order valence-corrected chi connectivity index (χ2v) is 5.89. The van der Waals surface area contributed by atoms with Crippen molar-refractivity contribution in [1.29, 1.82) is 0 Å². The minimum Gasteiger partial charge on any atom is -0.384 e. The van der Waals surface area contributed by atoms with Gasteiger partial charge in [-0.1, -0.05) is 24.3 Å². The van der Waals surface area contributed by atoms with Crippen molar-refractivity contribution >= 4 is 32.5 Å². The fourth-order valence-electron chi connectivity index (χ4n) is 2.61. The molecular formula is C16H12N2O2S. The summed E-state index contributed by atoms with van der Waals surface area (Å²) in [6.45, 7) is 0. The summed E-state index contributed by atoms with van der Waals surface area (Å²) in [7, 11) is 0. The molecule has 0 spiro atoms. The first-order valence-electron chi connectivity index (χ1n) is 6.58. The Morgan fingerprint density at radius 3 is 2.76 bits per heavy atom. The molecule has 4 rings (SSSR count). The van der Waals surface area contributed by atoms with Crippen LogP contribution < -0.4 is 5.69 Å². The molecule has 0 amide bonds. The third kappa shape index (κ3) is 1.98. The molecule has 4 aromatic rings. The number of hydrogen-bond donors (Lipinski definition) is 3. The Bertz CT molecular complexity index is 996. The Kier molecular flexibility index (Phi) is 2.70. The number of aliphatic hydroxyl groups is 1. The van der Waals surface area contributed by atoms with Crippen LogP contribution >= 0.6 is 11.3 Å². The number of fused-ring (bicyclic) bond motifs is 2. The third-order valence-corrected chi connectivity index (χ3v) is 4.64. The van der Waals surface area contributed by atoms with Crippen molar-refractivity contribution < 1.29 is 5.11 Å². The maximum atomic E-state index is 11.3. The molecule has 104 valence electrons. The van der Waals surface area contributed by atoms with Crippen LogP contribution in [-0.2, 0) is 0 Å². The maximum Gasteiger partial charge on any atom is 0.323 e. The van der Waals surface area contributed by atoms with E-state index < -0.39 is 6.10 Å². The van der Waals surface area contributed by atoms with Gasteiger partial charge in [-0.3, -0.25) is 0 Å². The van der Waals surface area contributed by atoms with Gasteiger partial charge in [0.15, 0.2) is 0 Å². The maximum absolute atomic E-state index is 11.3. The molecule has 1 atom stereocenters. The van der Waals surface area contributed by atoms with Gasteiger partial charge in [0.25, 0.3) is 0 Å². The summed E-state index contributed by atoms with van der Waals surface area (Å²) in [6, 6.07) is 13.5. The molecule has 0 saturated heterocycles. The van der Waals surface area contributed by atoms with Crippen LogP contribution in [0.15, 0.2) is 52.6 Å². The molecule has 4 nitrogen and oxygen atoms in total. The molecule has 0 bridgehead atoms. The Hall–Kier alpha value is -2.37. The molecule has 0 aliphatic heterocycles. The van der Waals surface area contributed by atoms with E-state index in [0.29, 0.717) is 5.52 Å². The van der Waals surface area contributed by atoms with Crippen molar-refractivity contribution in [2.45, 2.75) is 6.10 Å². The van der Waals surface area contributed by atoms with Crippen molar-refractivity contribution in [3.05, 3.63) is 69.5 Å². The smallest absolute Gasteiger partial charge is 0.323 e. The van der Waals surface area contributed by atoms with E-state index in [1.54, 1.807) is 17.4 Å². The van der Waals surface area contributed by atoms with Crippen molar-refractivity contribution in [2.24, 2.45) is 0 Å². The molecule has 0 saturated carbocycles. The number of aliphatic hydroxyl groups excluding tert-OH is 1. The fraction of sp³-hybridized carbons (Fsp3) is 0.0625.